The van der Waals surface area contributed by atoms with E-state index in [0.29, 0.717) is 23.7 Å². The standard InChI is InChI=1S/C15H19ClN2O3/c16-11-4-3-5-12(10-11)17-15(21)18-9-2-1-6-13(18)7-8-14(19)20/h3-5,10,13H,1-2,6-9H2,(H,17,21)(H,19,20). The zero-order chi connectivity index (χ0) is 15.2. The maximum absolute atomic E-state index is 12.4. The number of carbonyl (C=O) groups is 2. The summed E-state index contributed by atoms with van der Waals surface area (Å²) in [7, 11) is 0. The van der Waals surface area contributed by atoms with Crippen molar-refractivity contribution in [3.8, 4) is 0 Å². The van der Waals surface area contributed by atoms with Gasteiger partial charge in [0.25, 0.3) is 0 Å². The first-order valence-electron chi connectivity index (χ1n) is 7.11. The number of benzene rings is 1. The van der Waals surface area contributed by atoms with Gasteiger partial charge in [-0.05, 0) is 43.9 Å². The van der Waals surface area contributed by atoms with E-state index in [-0.39, 0.29) is 18.5 Å². The van der Waals surface area contributed by atoms with Crippen molar-refractivity contribution in [3.05, 3.63) is 29.3 Å². The molecule has 2 rings (SSSR count). The summed E-state index contributed by atoms with van der Waals surface area (Å²) in [5, 5.41) is 12.2. The second kappa shape index (κ2) is 7.31. The summed E-state index contributed by atoms with van der Waals surface area (Å²) >= 11 is 5.90. The molecule has 1 atom stereocenters. The van der Waals surface area contributed by atoms with Crippen LogP contribution in [-0.2, 0) is 4.79 Å². The van der Waals surface area contributed by atoms with Crippen molar-refractivity contribution < 1.29 is 14.7 Å². The first-order valence-corrected chi connectivity index (χ1v) is 7.49. The number of nitrogens with one attached hydrogen (secondary N) is 1. The molecule has 2 N–H and O–H groups in total. The normalized spacial score (nSPS) is 18.3. The molecule has 1 saturated heterocycles. The fourth-order valence-corrected chi connectivity index (χ4v) is 2.81. The maximum Gasteiger partial charge on any atom is 0.322 e. The molecule has 6 heteroatoms. The van der Waals surface area contributed by atoms with Crippen LogP contribution in [0.3, 0.4) is 0 Å². The Morgan fingerprint density at radius 2 is 2.19 bits per heavy atom. The number of rotatable bonds is 4. The van der Waals surface area contributed by atoms with Crippen molar-refractivity contribution in [1.82, 2.24) is 4.90 Å². The zero-order valence-corrected chi connectivity index (χ0v) is 12.5. The Bertz CT molecular complexity index is 521. The molecule has 0 saturated carbocycles. The van der Waals surface area contributed by atoms with Gasteiger partial charge in [0, 0.05) is 29.7 Å². The first-order chi connectivity index (χ1) is 10.1. The van der Waals surface area contributed by atoms with Gasteiger partial charge in [-0.3, -0.25) is 4.79 Å². The number of hydrogen-bond acceptors (Lipinski definition) is 2. The minimum absolute atomic E-state index is 0.00552. The number of nitrogens with zero attached hydrogens (tertiary/aromatic N) is 1. The van der Waals surface area contributed by atoms with E-state index in [9.17, 15) is 9.59 Å². The summed E-state index contributed by atoms with van der Waals surface area (Å²) in [6, 6.07) is 6.79. The van der Waals surface area contributed by atoms with E-state index in [0.717, 1.165) is 19.3 Å². The Morgan fingerprint density at radius 1 is 1.38 bits per heavy atom. The molecule has 0 bridgehead atoms. The van der Waals surface area contributed by atoms with Crippen LogP contribution in [0.2, 0.25) is 5.02 Å². The minimum atomic E-state index is -0.823. The fraction of sp³-hybridized carbons (Fsp3) is 0.467. The third kappa shape index (κ3) is 4.63. The fourth-order valence-electron chi connectivity index (χ4n) is 2.62. The molecule has 0 radical (unpaired) electrons. The molecular weight excluding hydrogens is 292 g/mol. The van der Waals surface area contributed by atoms with E-state index < -0.39 is 5.97 Å². The van der Waals surface area contributed by atoms with Crippen LogP contribution in [0.25, 0.3) is 0 Å². The predicted octanol–water partition coefficient (Wildman–Crippen LogP) is 3.59. The molecule has 1 aromatic carbocycles. The number of aliphatic carboxylic acids is 1. The highest BCUT2D eigenvalue weighted by Gasteiger charge is 2.27. The van der Waals surface area contributed by atoms with Crippen molar-refractivity contribution in [2.24, 2.45) is 0 Å². The summed E-state index contributed by atoms with van der Waals surface area (Å²) < 4.78 is 0. The van der Waals surface area contributed by atoms with E-state index in [1.165, 1.54) is 0 Å². The second-order valence-electron chi connectivity index (χ2n) is 5.22. The van der Waals surface area contributed by atoms with Crippen molar-refractivity contribution in [3.63, 3.8) is 0 Å². The SMILES string of the molecule is O=C(O)CCC1CCCCN1C(=O)Nc1cccc(Cl)c1. The van der Waals surface area contributed by atoms with Crippen LogP contribution >= 0.6 is 11.6 Å². The molecule has 0 aromatic heterocycles. The monoisotopic (exact) mass is 310 g/mol. The predicted molar refractivity (Wildman–Crippen MR) is 81.7 cm³/mol. The van der Waals surface area contributed by atoms with Gasteiger partial charge in [-0.1, -0.05) is 17.7 Å². The lowest BCUT2D eigenvalue weighted by Gasteiger charge is -2.35. The van der Waals surface area contributed by atoms with Crippen LogP contribution in [0.5, 0.6) is 0 Å². The number of piperidine rings is 1. The maximum atomic E-state index is 12.4. The summed E-state index contributed by atoms with van der Waals surface area (Å²) in [5.41, 5.74) is 0.648. The van der Waals surface area contributed by atoms with Crippen molar-refractivity contribution >= 4 is 29.3 Å². The average Bonchev–Trinajstić information content (AvgIpc) is 2.45. The van der Waals surface area contributed by atoms with E-state index in [4.69, 9.17) is 16.7 Å². The number of likely N-dealkylation sites (tertiary alicyclic amines) is 1. The number of urea groups is 1. The van der Waals surface area contributed by atoms with Crippen LogP contribution in [-0.4, -0.2) is 34.6 Å². The van der Waals surface area contributed by atoms with Gasteiger partial charge in [-0.25, -0.2) is 4.79 Å². The van der Waals surface area contributed by atoms with Gasteiger partial charge < -0.3 is 15.3 Å². The van der Waals surface area contributed by atoms with E-state index in [2.05, 4.69) is 5.32 Å². The average molecular weight is 311 g/mol. The van der Waals surface area contributed by atoms with E-state index in [1.54, 1.807) is 29.2 Å². The van der Waals surface area contributed by atoms with E-state index >= 15 is 0 Å². The molecule has 2 amide bonds. The topological polar surface area (TPSA) is 69.6 Å². The molecule has 1 heterocycles. The lowest BCUT2D eigenvalue weighted by Crippen LogP contribution is -2.46. The molecule has 1 unspecified atom stereocenters. The Kier molecular flexibility index (Phi) is 5.44. The Balaban J connectivity index is 1.99. The minimum Gasteiger partial charge on any atom is -0.481 e. The van der Waals surface area contributed by atoms with Gasteiger partial charge in [-0.15, -0.1) is 0 Å². The van der Waals surface area contributed by atoms with Crippen molar-refractivity contribution in [2.75, 3.05) is 11.9 Å². The quantitative estimate of drug-likeness (QED) is 0.893. The number of hydrogen-bond donors (Lipinski definition) is 2. The highest BCUT2D eigenvalue weighted by Crippen LogP contribution is 2.23. The molecule has 0 spiro atoms. The van der Waals surface area contributed by atoms with Gasteiger partial charge in [0.05, 0.1) is 0 Å². The molecule has 5 nitrogen and oxygen atoms in total. The molecule has 1 aliphatic heterocycles. The van der Waals surface area contributed by atoms with Gasteiger partial charge in [0.1, 0.15) is 0 Å². The van der Waals surface area contributed by atoms with Crippen LogP contribution in [0.4, 0.5) is 10.5 Å². The summed E-state index contributed by atoms with van der Waals surface area (Å²) in [6.45, 7) is 0.663. The highest BCUT2D eigenvalue weighted by molar-refractivity contribution is 6.30. The molecule has 1 aliphatic rings. The van der Waals surface area contributed by atoms with Gasteiger partial charge in [0.15, 0.2) is 0 Å². The Morgan fingerprint density at radius 3 is 2.90 bits per heavy atom. The largest absolute Gasteiger partial charge is 0.481 e. The number of amides is 2. The van der Waals surface area contributed by atoms with Crippen LogP contribution in [0.15, 0.2) is 24.3 Å². The number of carboxylic acids is 1. The van der Waals surface area contributed by atoms with Crippen molar-refractivity contribution in [2.45, 2.75) is 38.1 Å². The molecule has 1 aromatic rings. The van der Waals surface area contributed by atoms with Gasteiger partial charge in [-0.2, -0.15) is 0 Å². The van der Waals surface area contributed by atoms with Gasteiger partial charge >= 0.3 is 12.0 Å². The lowest BCUT2D eigenvalue weighted by atomic mass is 9.98. The molecular formula is C15H19ClN2O3. The zero-order valence-electron chi connectivity index (χ0n) is 11.7. The van der Waals surface area contributed by atoms with Crippen LogP contribution in [0, 0.1) is 0 Å². The summed E-state index contributed by atoms with van der Waals surface area (Å²) in [5.74, 6) is -0.823. The second-order valence-corrected chi connectivity index (χ2v) is 5.65. The van der Waals surface area contributed by atoms with Crippen molar-refractivity contribution in [1.29, 1.82) is 0 Å². The van der Waals surface area contributed by atoms with Gasteiger partial charge in [0.2, 0.25) is 0 Å². The van der Waals surface area contributed by atoms with Crippen LogP contribution < -0.4 is 5.32 Å². The number of halogens is 1. The smallest absolute Gasteiger partial charge is 0.322 e. The number of anilines is 1. The summed E-state index contributed by atoms with van der Waals surface area (Å²) in [6.07, 6.45) is 3.43. The Hall–Kier alpha value is -1.75. The molecule has 1 fully saturated rings. The lowest BCUT2D eigenvalue weighted by molar-refractivity contribution is -0.137. The third-order valence-corrected chi connectivity index (χ3v) is 3.89. The van der Waals surface area contributed by atoms with Crippen LogP contribution in [0.1, 0.15) is 32.1 Å². The number of carboxylic acid groups (broad SMARTS) is 1. The third-order valence-electron chi connectivity index (χ3n) is 3.66. The van der Waals surface area contributed by atoms with E-state index in [1.807, 2.05) is 0 Å². The number of carbonyl (C=O) groups excluding carboxylic acids is 1. The molecule has 114 valence electrons. The molecule has 21 heavy (non-hydrogen) atoms. The molecule has 0 aliphatic carbocycles. The highest BCUT2D eigenvalue weighted by atomic mass is 35.5. The summed E-state index contributed by atoms with van der Waals surface area (Å²) in [4.78, 5) is 24.8. The Labute approximate surface area is 128 Å². The first kappa shape index (κ1) is 15.6.